The van der Waals surface area contributed by atoms with Gasteiger partial charge in [-0.05, 0) is 99.7 Å². The number of carbonyl (C=O) groups excluding carboxylic acids is 2. The van der Waals surface area contributed by atoms with Crippen LogP contribution in [0, 0.1) is 5.92 Å². The lowest BCUT2D eigenvalue weighted by Crippen LogP contribution is -2.77. The predicted octanol–water partition coefficient (Wildman–Crippen LogP) is 6.98. The number of aliphatic hydroxyl groups is 1. The van der Waals surface area contributed by atoms with Gasteiger partial charge in [-0.25, -0.2) is 0 Å². The van der Waals surface area contributed by atoms with Gasteiger partial charge in [0, 0.05) is 23.8 Å². The van der Waals surface area contributed by atoms with Crippen molar-refractivity contribution in [3.63, 3.8) is 0 Å². The van der Waals surface area contributed by atoms with Crippen LogP contribution in [0.4, 0.5) is 11.4 Å². The number of rotatable bonds is 10. The molecule has 3 aromatic carbocycles. The van der Waals surface area contributed by atoms with Gasteiger partial charge in [0.15, 0.2) is 11.5 Å². The molecule has 264 valence electrons. The minimum atomic E-state index is -2.68. The van der Waals surface area contributed by atoms with Gasteiger partial charge in [0.2, 0.25) is 0 Å². The number of hydrogen-bond acceptors (Lipinski definition) is 9. The molecule has 9 nitrogen and oxygen atoms in total. The van der Waals surface area contributed by atoms with Gasteiger partial charge in [0.1, 0.15) is 12.2 Å². The van der Waals surface area contributed by atoms with Crippen LogP contribution in [0.1, 0.15) is 48.8 Å². The first-order valence-corrected chi connectivity index (χ1v) is 20.9. The number of ether oxygens (including phenoxy) is 3. The fourth-order valence-electron chi connectivity index (χ4n) is 9.01. The molecule has 3 aromatic rings. The second-order valence-corrected chi connectivity index (χ2v) is 19.4. The zero-order valence-corrected chi connectivity index (χ0v) is 30.5. The summed E-state index contributed by atoms with van der Waals surface area (Å²) in [5, 5.41) is 17.1. The van der Waals surface area contributed by atoms with E-state index in [9.17, 15) is 19.3 Å². The van der Waals surface area contributed by atoms with E-state index < -0.39 is 42.3 Å². The van der Waals surface area contributed by atoms with Crippen molar-refractivity contribution in [3.05, 3.63) is 81.3 Å². The molecule has 3 fully saturated rings. The van der Waals surface area contributed by atoms with Crippen LogP contribution < -0.4 is 14.8 Å². The van der Waals surface area contributed by atoms with Crippen LogP contribution in [0.2, 0.25) is 10.0 Å². The van der Waals surface area contributed by atoms with Crippen LogP contribution >= 0.6 is 30.3 Å². The molecular weight excluding hydrogens is 698 g/mol. The summed E-state index contributed by atoms with van der Waals surface area (Å²) in [6.07, 6.45) is 3.04. The van der Waals surface area contributed by atoms with Gasteiger partial charge in [-0.15, -0.1) is 0 Å². The monoisotopic (exact) mass is 738 g/mol. The van der Waals surface area contributed by atoms with E-state index in [1.807, 2.05) is 30.3 Å². The third kappa shape index (κ3) is 5.83. The van der Waals surface area contributed by atoms with Crippen molar-refractivity contribution in [3.8, 4) is 11.5 Å². The minimum absolute atomic E-state index is 0.0152. The van der Waals surface area contributed by atoms with Crippen LogP contribution in [-0.4, -0.2) is 78.4 Å². The SMILES string of the molecule is CP(C)(=O)CC(=O)Oc1ccc2c3c1OC1C(OC(=O)Cc4ccccc4Nc4c(Cl)cccc4Cl)CC[C@@]4(O)[C@@H](C2)N(CC2CC2)CC[C@]314. The van der Waals surface area contributed by atoms with Crippen LogP contribution in [0.25, 0.3) is 0 Å². The molecule has 2 N–H and O–H groups in total. The van der Waals surface area contributed by atoms with Crippen molar-refractivity contribution in [2.75, 3.05) is 37.9 Å². The van der Waals surface area contributed by atoms with Crippen LogP contribution in [-0.2, 0) is 37.1 Å². The van der Waals surface area contributed by atoms with Crippen LogP contribution in [0.15, 0.2) is 54.6 Å². The molecular formula is C38H41Cl2N2O7P. The van der Waals surface area contributed by atoms with E-state index in [1.54, 1.807) is 37.6 Å². The lowest BCUT2D eigenvalue weighted by atomic mass is 9.48. The molecule has 0 radical (unpaired) electrons. The number of benzene rings is 3. The van der Waals surface area contributed by atoms with E-state index in [0.29, 0.717) is 64.3 Å². The Bertz CT molecular complexity index is 1910. The maximum atomic E-state index is 13.8. The molecule has 0 aromatic heterocycles. The number of nitrogens with one attached hydrogen (secondary N) is 1. The maximum absolute atomic E-state index is 13.8. The van der Waals surface area contributed by atoms with Crippen LogP contribution in [0.3, 0.4) is 0 Å². The molecule has 50 heavy (non-hydrogen) atoms. The van der Waals surface area contributed by atoms with Crippen molar-refractivity contribution in [1.29, 1.82) is 0 Å². The number of piperidine rings is 1. The van der Waals surface area contributed by atoms with Crippen molar-refractivity contribution in [2.45, 2.75) is 74.2 Å². The molecule has 1 spiro atoms. The molecule has 2 aliphatic heterocycles. The third-order valence-corrected chi connectivity index (χ3v) is 12.9. The van der Waals surface area contributed by atoms with Crippen molar-refractivity contribution >= 4 is 53.7 Å². The lowest BCUT2D eigenvalue weighted by molar-refractivity contribution is -0.216. The largest absolute Gasteiger partial charge is 0.481 e. The molecule has 0 amide bonds. The van der Waals surface area contributed by atoms with Gasteiger partial charge in [0.25, 0.3) is 0 Å². The summed E-state index contributed by atoms with van der Waals surface area (Å²) in [6.45, 7) is 4.86. The second kappa shape index (κ2) is 12.6. The number of likely N-dealkylation sites (tertiary alicyclic amines) is 1. The Kier molecular flexibility index (Phi) is 8.55. The number of esters is 2. The second-order valence-electron chi connectivity index (χ2n) is 15.1. The molecule has 5 aliphatic rings. The summed E-state index contributed by atoms with van der Waals surface area (Å²) in [7, 11) is -2.68. The molecule has 2 unspecified atom stereocenters. The summed E-state index contributed by atoms with van der Waals surface area (Å²) in [5.41, 5.74) is 1.88. The molecule has 2 heterocycles. The average molecular weight is 740 g/mol. The Morgan fingerprint density at radius 2 is 1.78 bits per heavy atom. The van der Waals surface area contributed by atoms with E-state index in [-0.39, 0.29) is 24.4 Å². The number of hydrogen-bond donors (Lipinski definition) is 2. The van der Waals surface area contributed by atoms with E-state index in [0.717, 1.165) is 24.2 Å². The lowest BCUT2D eigenvalue weighted by Gasteiger charge is -2.64. The third-order valence-electron chi connectivity index (χ3n) is 11.3. The first kappa shape index (κ1) is 34.0. The van der Waals surface area contributed by atoms with E-state index in [1.165, 1.54) is 12.8 Å². The van der Waals surface area contributed by atoms with Gasteiger partial charge in [-0.1, -0.05) is 53.5 Å². The molecule has 2 bridgehead atoms. The van der Waals surface area contributed by atoms with E-state index >= 15 is 0 Å². The smallest absolute Gasteiger partial charge is 0.318 e. The first-order chi connectivity index (χ1) is 23.9. The summed E-state index contributed by atoms with van der Waals surface area (Å²) in [4.78, 5) is 29.2. The number of anilines is 2. The predicted molar refractivity (Wildman–Crippen MR) is 193 cm³/mol. The molecule has 1 saturated heterocycles. The molecule has 12 heteroatoms. The van der Waals surface area contributed by atoms with Crippen molar-refractivity contribution < 1.29 is 33.5 Å². The maximum Gasteiger partial charge on any atom is 0.318 e. The Balaban J connectivity index is 1.10. The minimum Gasteiger partial charge on any atom is -0.481 e. The highest BCUT2D eigenvalue weighted by atomic mass is 35.5. The summed E-state index contributed by atoms with van der Waals surface area (Å²) >= 11 is 12.8. The topological polar surface area (TPSA) is 114 Å². The highest BCUT2D eigenvalue weighted by Gasteiger charge is 2.73. The average Bonchev–Trinajstić information content (AvgIpc) is 3.79. The zero-order chi connectivity index (χ0) is 35.0. The van der Waals surface area contributed by atoms with Gasteiger partial charge >= 0.3 is 11.9 Å². The number of carbonyl (C=O) groups is 2. The number of para-hydroxylation sites is 2. The van der Waals surface area contributed by atoms with Gasteiger partial charge in [-0.2, -0.15) is 0 Å². The Labute approximate surface area is 301 Å². The van der Waals surface area contributed by atoms with Crippen LogP contribution in [0.5, 0.6) is 11.5 Å². The van der Waals surface area contributed by atoms with E-state index in [4.69, 9.17) is 37.4 Å². The van der Waals surface area contributed by atoms with E-state index in [2.05, 4.69) is 10.2 Å². The number of halogens is 2. The summed E-state index contributed by atoms with van der Waals surface area (Å²) in [5.74, 6) is 0.309. The Morgan fingerprint density at radius 1 is 1.02 bits per heavy atom. The zero-order valence-electron chi connectivity index (χ0n) is 28.1. The quantitative estimate of drug-likeness (QED) is 0.129. The van der Waals surface area contributed by atoms with Crippen molar-refractivity contribution in [2.24, 2.45) is 5.92 Å². The Morgan fingerprint density at radius 3 is 2.52 bits per heavy atom. The standard InChI is InChI=1S/C38H41Cl2N2O7P/c1-50(2,46)21-32(44)47-28-13-12-24-18-30-38(45)15-14-29(36-37(38,33(24)35(28)49-36)16-17-42(30)20-22-10-11-22)48-31(43)19-23-6-3-4-9-27(23)41-34-25(39)7-5-8-26(34)40/h3-9,12-13,22,29-30,36,41,45H,10-11,14-21H2,1-2H3/t29?,30-,36?,37+,38-/m1/s1. The van der Waals surface area contributed by atoms with Gasteiger partial charge in [0.05, 0.1) is 46.5 Å². The molecule has 2 saturated carbocycles. The fraction of sp³-hybridized carbons (Fsp3) is 0.474. The molecule has 3 aliphatic carbocycles. The summed E-state index contributed by atoms with van der Waals surface area (Å²) < 4.78 is 31.4. The molecule has 8 rings (SSSR count). The highest BCUT2D eigenvalue weighted by Crippen LogP contribution is 2.66. The number of nitrogens with zero attached hydrogens (tertiary/aromatic N) is 1. The first-order valence-electron chi connectivity index (χ1n) is 17.4. The van der Waals surface area contributed by atoms with Gasteiger partial charge in [-0.3, -0.25) is 14.5 Å². The highest BCUT2D eigenvalue weighted by molar-refractivity contribution is 7.63. The van der Waals surface area contributed by atoms with Crippen molar-refractivity contribution in [1.82, 2.24) is 4.90 Å². The Hall–Kier alpha value is -3.07. The molecule has 5 atom stereocenters. The fourth-order valence-corrected chi connectivity index (χ4v) is 10.2. The normalized spacial score (nSPS) is 28.0. The van der Waals surface area contributed by atoms with Gasteiger partial charge < -0.3 is 29.2 Å². The summed E-state index contributed by atoms with van der Waals surface area (Å²) in [6, 6.07) is 16.3.